The number of halogens is 1. The van der Waals surface area contributed by atoms with Gasteiger partial charge >= 0.3 is 0 Å². The normalized spacial score (nSPS) is 13.3. The van der Waals surface area contributed by atoms with Gasteiger partial charge in [-0.15, -0.1) is 11.6 Å². The lowest BCUT2D eigenvalue weighted by molar-refractivity contribution is -0.0781. The monoisotopic (exact) mass is 334 g/mol. The smallest absolute Gasteiger partial charge is 0.299 e. The maximum absolute atomic E-state index is 12.2. The highest BCUT2D eigenvalue weighted by molar-refractivity contribution is 7.86. The molecule has 0 spiro atoms. The van der Waals surface area contributed by atoms with Gasteiger partial charge in [-0.2, -0.15) is 8.42 Å². The fourth-order valence-corrected chi connectivity index (χ4v) is 2.91. The Labute approximate surface area is 132 Å². The molecule has 0 aliphatic rings. The van der Waals surface area contributed by atoms with Crippen molar-refractivity contribution in [2.45, 2.75) is 50.7 Å². The van der Waals surface area contributed by atoms with Crippen LogP contribution in [0.15, 0.2) is 29.2 Å². The van der Waals surface area contributed by atoms with Crippen molar-refractivity contribution in [1.29, 1.82) is 0 Å². The summed E-state index contributed by atoms with van der Waals surface area (Å²) in [4.78, 5) is 0.129. The fourth-order valence-electron chi connectivity index (χ4n) is 1.72. The molecule has 0 amide bonds. The summed E-state index contributed by atoms with van der Waals surface area (Å²) < 4.78 is 35.0. The Morgan fingerprint density at radius 3 is 2.43 bits per heavy atom. The summed E-state index contributed by atoms with van der Waals surface area (Å²) in [6, 6.07) is 6.52. The first kappa shape index (κ1) is 18.4. The first-order valence-electron chi connectivity index (χ1n) is 7.17. The molecule has 120 valence electrons. The Hall–Kier alpha value is -0.620. The summed E-state index contributed by atoms with van der Waals surface area (Å²) in [6.45, 7) is 4.46. The van der Waals surface area contributed by atoms with Gasteiger partial charge in [0.05, 0.1) is 4.90 Å². The number of aryl methyl sites for hydroxylation is 1. The Bertz CT molecular complexity index is 499. The Morgan fingerprint density at radius 2 is 1.86 bits per heavy atom. The first-order valence-corrected chi connectivity index (χ1v) is 9.11. The van der Waals surface area contributed by atoms with Gasteiger partial charge in [-0.1, -0.05) is 37.5 Å². The molecule has 0 aliphatic heterocycles. The molecule has 0 bridgehead atoms. The zero-order chi connectivity index (χ0) is 15.7. The number of alkyl halides is 1. The third-order valence-electron chi connectivity index (χ3n) is 2.94. The molecule has 0 radical (unpaired) electrons. The van der Waals surface area contributed by atoms with E-state index in [9.17, 15) is 8.42 Å². The molecule has 0 fully saturated rings. The molecule has 0 aromatic heterocycles. The maximum Gasteiger partial charge on any atom is 0.299 e. The van der Waals surface area contributed by atoms with E-state index in [1.165, 1.54) is 12.1 Å². The van der Waals surface area contributed by atoms with Gasteiger partial charge in [-0.05, 0) is 25.5 Å². The van der Waals surface area contributed by atoms with E-state index in [1.807, 2.05) is 6.92 Å². The lowest BCUT2D eigenvalue weighted by atomic mass is 10.2. The molecule has 1 aromatic carbocycles. The molecule has 1 unspecified atom stereocenters. The van der Waals surface area contributed by atoms with E-state index in [4.69, 9.17) is 20.5 Å². The number of unbranched alkanes of at least 4 members (excludes halogenated alkanes) is 2. The predicted octanol–water partition coefficient (Wildman–Crippen LogP) is 3.86. The second-order valence-electron chi connectivity index (χ2n) is 4.85. The summed E-state index contributed by atoms with van der Waals surface area (Å²) in [7, 11) is -3.82. The van der Waals surface area contributed by atoms with Gasteiger partial charge in [0.25, 0.3) is 10.1 Å². The van der Waals surface area contributed by atoms with E-state index in [0.29, 0.717) is 13.0 Å². The van der Waals surface area contributed by atoms with E-state index in [2.05, 4.69) is 6.92 Å². The molecule has 21 heavy (non-hydrogen) atoms. The van der Waals surface area contributed by atoms with Crippen LogP contribution in [0.4, 0.5) is 0 Å². The summed E-state index contributed by atoms with van der Waals surface area (Å²) in [5.41, 5.74) is 0.988. The largest absolute Gasteiger partial charge is 0.351 e. The molecule has 1 rings (SSSR count). The Balaban J connectivity index is 2.65. The van der Waals surface area contributed by atoms with Crippen LogP contribution in [-0.2, 0) is 19.0 Å². The lowest BCUT2D eigenvalue weighted by Gasteiger charge is -2.17. The zero-order valence-electron chi connectivity index (χ0n) is 12.5. The van der Waals surface area contributed by atoms with Crippen molar-refractivity contribution in [3.05, 3.63) is 29.8 Å². The zero-order valence-corrected chi connectivity index (χ0v) is 14.1. The second-order valence-corrected chi connectivity index (χ2v) is 6.80. The molecule has 1 aromatic rings. The minimum atomic E-state index is -3.82. The highest BCUT2D eigenvalue weighted by atomic mass is 35.5. The van der Waals surface area contributed by atoms with Crippen molar-refractivity contribution in [2.75, 3.05) is 12.5 Å². The predicted molar refractivity (Wildman–Crippen MR) is 84.1 cm³/mol. The maximum atomic E-state index is 12.2. The van der Waals surface area contributed by atoms with Crippen LogP contribution in [0, 0.1) is 6.92 Å². The van der Waals surface area contributed by atoms with Crippen molar-refractivity contribution in [3.8, 4) is 0 Å². The number of rotatable bonds is 10. The minimum absolute atomic E-state index is 0.129. The van der Waals surface area contributed by atoms with Crippen molar-refractivity contribution in [1.82, 2.24) is 0 Å². The van der Waals surface area contributed by atoms with Crippen LogP contribution >= 0.6 is 11.6 Å². The van der Waals surface area contributed by atoms with Crippen molar-refractivity contribution < 1.29 is 17.3 Å². The molecule has 0 heterocycles. The van der Waals surface area contributed by atoms with Gasteiger partial charge < -0.3 is 4.74 Å². The van der Waals surface area contributed by atoms with Crippen molar-refractivity contribution in [3.63, 3.8) is 0 Å². The van der Waals surface area contributed by atoms with Crippen LogP contribution in [0.25, 0.3) is 0 Å². The highest BCUT2D eigenvalue weighted by Gasteiger charge is 2.21. The van der Waals surface area contributed by atoms with Crippen LogP contribution in [0.3, 0.4) is 0 Å². The van der Waals surface area contributed by atoms with E-state index < -0.39 is 16.4 Å². The Morgan fingerprint density at radius 1 is 1.19 bits per heavy atom. The van der Waals surface area contributed by atoms with Crippen molar-refractivity contribution >= 4 is 21.7 Å². The molecular formula is C15H23ClO4S. The summed E-state index contributed by atoms with van der Waals surface area (Å²) >= 11 is 5.68. The highest BCUT2D eigenvalue weighted by Crippen LogP contribution is 2.17. The third kappa shape index (κ3) is 6.78. The SMILES string of the molecule is CCCCCOC(CCCl)OS(=O)(=O)c1ccc(C)cc1. The van der Waals surface area contributed by atoms with Gasteiger partial charge in [0.2, 0.25) is 0 Å². The van der Waals surface area contributed by atoms with Crippen LogP contribution in [0.1, 0.15) is 38.2 Å². The average Bonchev–Trinajstić information content (AvgIpc) is 2.44. The fraction of sp³-hybridized carbons (Fsp3) is 0.600. The molecule has 0 aliphatic carbocycles. The first-order chi connectivity index (χ1) is 9.99. The van der Waals surface area contributed by atoms with Crippen molar-refractivity contribution in [2.24, 2.45) is 0 Å². The topological polar surface area (TPSA) is 52.6 Å². The molecule has 4 nitrogen and oxygen atoms in total. The van der Waals surface area contributed by atoms with Gasteiger partial charge in [0, 0.05) is 18.9 Å². The van der Waals surface area contributed by atoms with E-state index in [0.717, 1.165) is 24.8 Å². The number of ether oxygens (including phenoxy) is 1. The van der Waals surface area contributed by atoms with Gasteiger partial charge in [-0.25, -0.2) is 4.18 Å². The van der Waals surface area contributed by atoms with Gasteiger partial charge in [0.1, 0.15) is 0 Å². The summed E-state index contributed by atoms with van der Waals surface area (Å²) in [6.07, 6.45) is 2.50. The number of benzene rings is 1. The number of hydrogen-bond donors (Lipinski definition) is 0. The summed E-state index contributed by atoms with van der Waals surface area (Å²) in [5.74, 6) is 0.280. The van der Waals surface area contributed by atoms with Crippen LogP contribution in [-0.4, -0.2) is 27.2 Å². The van der Waals surface area contributed by atoms with Crippen LogP contribution in [0.5, 0.6) is 0 Å². The Kier molecular flexibility index (Phi) is 8.26. The quantitative estimate of drug-likeness (QED) is 0.282. The summed E-state index contributed by atoms with van der Waals surface area (Å²) in [5, 5.41) is 0. The minimum Gasteiger partial charge on any atom is -0.351 e. The standard InChI is InChI=1S/C15H23ClO4S/c1-3-4-5-12-19-15(10-11-16)20-21(17,18)14-8-6-13(2)7-9-14/h6-9,15H,3-5,10-12H2,1-2H3. The van der Waals surface area contributed by atoms with Gasteiger partial charge in [0.15, 0.2) is 6.29 Å². The molecule has 0 saturated heterocycles. The number of hydrogen-bond acceptors (Lipinski definition) is 4. The molecule has 1 atom stereocenters. The second kappa shape index (κ2) is 9.41. The van der Waals surface area contributed by atoms with Crippen LogP contribution < -0.4 is 0 Å². The lowest BCUT2D eigenvalue weighted by Crippen LogP contribution is -2.23. The molecule has 0 saturated carbocycles. The van der Waals surface area contributed by atoms with E-state index >= 15 is 0 Å². The van der Waals surface area contributed by atoms with E-state index in [-0.39, 0.29) is 10.8 Å². The molecule has 0 N–H and O–H groups in total. The van der Waals surface area contributed by atoms with Gasteiger partial charge in [-0.3, -0.25) is 0 Å². The molecule has 6 heteroatoms. The third-order valence-corrected chi connectivity index (χ3v) is 4.48. The average molecular weight is 335 g/mol. The van der Waals surface area contributed by atoms with E-state index in [1.54, 1.807) is 12.1 Å². The van der Waals surface area contributed by atoms with Crippen LogP contribution in [0.2, 0.25) is 0 Å². The molecular weight excluding hydrogens is 312 g/mol.